The van der Waals surface area contributed by atoms with Gasteiger partial charge >= 0.3 is 0 Å². The van der Waals surface area contributed by atoms with Crippen molar-refractivity contribution in [2.75, 3.05) is 6.54 Å². The van der Waals surface area contributed by atoms with Gasteiger partial charge in [0.25, 0.3) is 11.5 Å². The largest absolute Gasteiger partial charge is 0.346 e. The maximum absolute atomic E-state index is 13.3. The standard InChI is InChI=1S/C23H25N5O3/c1-16(29)27-11-9-20-18(14-27)15-28(13-17-6-4-3-5-7-17)23(31)21(20)22(30)24-12-19-8-10-25-26(19)2/h3-8,10,15H,9,11-14H2,1-2H3,(H,24,30). The van der Waals surface area contributed by atoms with E-state index in [4.69, 9.17) is 0 Å². The summed E-state index contributed by atoms with van der Waals surface area (Å²) < 4.78 is 3.25. The van der Waals surface area contributed by atoms with Gasteiger partial charge in [-0.05, 0) is 29.2 Å². The molecule has 1 aliphatic rings. The number of hydrogen-bond donors (Lipinski definition) is 1. The number of rotatable bonds is 5. The molecule has 1 aromatic carbocycles. The summed E-state index contributed by atoms with van der Waals surface area (Å²) in [6.07, 6.45) is 3.93. The summed E-state index contributed by atoms with van der Waals surface area (Å²) in [5.74, 6) is -0.421. The first-order valence-corrected chi connectivity index (χ1v) is 10.2. The van der Waals surface area contributed by atoms with Crippen LogP contribution in [0.2, 0.25) is 0 Å². The highest BCUT2D eigenvalue weighted by molar-refractivity contribution is 5.95. The van der Waals surface area contributed by atoms with Crippen LogP contribution in [0, 0.1) is 0 Å². The highest BCUT2D eigenvalue weighted by atomic mass is 16.2. The summed E-state index contributed by atoms with van der Waals surface area (Å²) >= 11 is 0. The van der Waals surface area contributed by atoms with E-state index in [2.05, 4.69) is 10.4 Å². The molecule has 3 aromatic rings. The second-order valence-corrected chi connectivity index (χ2v) is 7.75. The topological polar surface area (TPSA) is 89.2 Å². The minimum atomic E-state index is -0.402. The highest BCUT2D eigenvalue weighted by Gasteiger charge is 2.27. The highest BCUT2D eigenvalue weighted by Crippen LogP contribution is 2.21. The van der Waals surface area contributed by atoms with Gasteiger partial charge in [0.2, 0.25) is 5.91 Å². The SMILES string of the molecule is CC(=O)N1CCc2c(cn(Cc3ccccc3)c(=O)c2C(=O)NCc2ccnn2C)C1. The summed E-state index contributed by atoms with van der Waals surface area (Å²) in [7, 11) is 1.80. The molecule has 0 spiro atoms. The van der Waals surface area contributed by atoms with Crippen molar-refractivity contribution in [3.8, 4) is 0 Å². The Balaban J connectivity index is 1.71. The summed E-state index contributed by atoms with van der Waals surface area (Å²) in [5, 5.41) is 6.97. The lowest BCUT2D eigenvalue weighted by atomic mass is 9.95. The van der Waals surface area contributed by atoms with E-state index >= 15 is 0 Å². The minimum Gasteiger partial charge on any atom is -0.346 e. The quantitative estimate of drug-likeness (QED) is 0.678. The molecule has 1 N–H and O–H groups in total. The second-order valence-electron chi connectivity index (χ2n) is 7.75. The van der Waals surface area contributed by atoms with Gasteiger partial charge in [0.05, 0.1) is 18.8 Å². The van der Waals surface area contributed by atoms with Gasteiger partial charge in [-0.2, -0.15) is 5.10 Å². The number of fused-ring (bicyclic) bond motifs is 1. The number of amides is 2. The lowest BCUT2D eigenvalue weighted by Crippen LogP contribution is -2.40. The Morgan fingerprint density at radius 2 is 1.94 bits per heavy atom. The van der Waals surface area contributed by atoms with Crippen LogP contribution >= 0.6 is 0 Å². The van der Waals surface area contributed by atoms with Crippen molar-refractivity contribution in [2.45, 2.75) is 33.0 Å². The molecule has 3 heterocycles. The molecule has 160 valence electrons. The second kappa shape index (κ2) is 8.59. The zero-order chi connectivity index (χ0) is 22.0. The van der Waals surface area contributed by atoms with Gasteiger partial charge in [-0.15, -0.1) is 0 Å². The fraction of sp³-hybridized carbons (Fsp3) is 0.304. The third-order valence-corrected chi connectivity index (χ3v) is 5.69. The predicted molar refractivity (Wildman–Crippen MR) is 115 cm³/mol. The van der Waals surface area contributed by atoms with E-state index in [-0.39, 0.29) is 23.6 Å². The van der Waals surface area contributed by atoms with Crippen LogP contribution in [0.3, 0.4) is 0 Å². The van der Waals surface area contributed by atoms with E-state index in [1.807, 2.05) is 36.4 Å². The van der Waals surface area contributed by atoms with E-state index in [9.17, 15) is 14.4 Å². The van der Waals surface area contributed by atoms with E-state index in [0.29, 0.717) is 26.1 Å². The van der Waals surface area contributed by atoms with E-state index in [0.717, 1.165) is 22.4 Å². The Labute approximate surface area is 180 Å². The van der Waals surface area contributed by atoms with Crippen molar-refractivity contribution in [3.05, 3.63) is 87.1 Å². The molecule has 0 bridgehead atoms. The van der Waals surface area contributed by atoms with Crippen molar-refractivity contribution < 1.29 is 9.59 Å². The number of nitrogens with zero attached hydrogens (tertiary/aromatic N) is 4. The van der Waals surface area contributed by atoms with Gasteiger partial charge < -0.3 is 14.8 Å². The first kappa shape index (κ1) is 20.6. The average Bonchev–Trinajstić information content (AvgIpc) is 3.17. The monoisotopic (exact) mass is 419 g/mol. The molecule has 1 aliphatic heterocycles. The van der Waals surface area contributed by atoms with Crippen LogP contribution in [-0.4, -0.2) is 37.6 Å². The number of aryl methyl sites for hydroxylation is 1. The van der Waals surface area contributed by atoms with Gasteiger partial charge in [-0.3, -0.25) is 19.1 Å². The van der Waals surface area contributed by atoms with Crippen LogP contribution in [0.25, 0.3) is 0 Å². The zero-order valence-electron chi connectivity index (χ0n) is 17.7. The number of carbonyl (C=O) groups is 2. The van der Waals surface area contributed by atoms with Crippen LogP contribution in [0.5, 0.6) is 0 Å². The molecular formula is C23H25N5O3. The van der Waals surface area contributed by atoms with Crippen LogP contribution in [0.1, 0.15) is 39.7 Å². The van der Waals surface area contributed by atoms with Gasteiger partial charge in [-0.1, -0.05) is 30.3 Å². The summed E-state index contributed by atoms with van der Waals surface area (Å²) in [6.45, 7) is 3.05. The third kappa shape index (κ3) is 4.28. The Morgan fingerprint density at radius 3 is 2.61 bits per heavy atom. The van der Waals surface area contributed by atoms with Gasteiger partial charge in [0.15, 0.2) is 0 Å². The van der Waals surface area contributed by atoms with E-state index in [1.54, 1.807) is 33.6 Å². The third-order valence-electron chi connectivity index (χ3n) is 5.69. The minimum absolute atomic E-state index is 0.0198. The predicted octanol–water partition coefficient (Wildman–Crippen LogP) is 1.46. The van der Waals surface area contributed by atoms with Gasteiger partial charge in [0.1, 0.15) is 5.56 Å². The fourth-order valence-electron chi connectivity index (χ4n) is 3.95. The maximum Gasteiger partial charge on any atom is 0.264 e. The number of hydrogen-bond acceptors (Lipinski definition) is 4. The number of benzene rings is 1. The molecule has 0 radical (unpaired) electrons. The Morgan fingerprint density at radius 1 is 1.16 bits per heavy atom. The first-order valence-electron chi connectivity index (χ1n) is 10.2. The maximum atomic E-state index is 13.3. The van der Waals surface area contributed by atoms with Crippen LogP contribution in [0.15, 0.2) is 53.6 Å². The van der Waals surface area contributed by atoms with Crippen molar-refractivity contribution in [3.63, 3.8) is 0 Å². The van der Waals surface area contributed by atoms with Crippen LogP contribution in [-0.2, 0) is 37.9 Å². The van der Waals surface area contributed by atoms with Crippen LogP contribution < -0.4 is 10.9 Å². The lowest BCUT2D eigenvalue weighted by molar-refractivity contribution is -0.129. The van der Waals surface area contributed by atoms with Crippen molar-refractivity contribution in [2.24, 2.45) is 7.05 Å². The molecule has 0 fully saturated rings. The molecule has 2 aromatic heterocycles. The normalized spacial score (nSPS) is 13.0. The Kier molecular flexibility index (Phi) is 5.70. The number of carbonyl (C=O) groups excluding carboxylic acids is 2. The molecule has 0 saturated carbocycles. The molecule has 31 heavy (non-hydrogen) atoms. The van der Waals surface area contributed by atoms with Gasteiger partial charge in [-0.25, -0.2) is 0 Å². The summed E-state index contributed by atoms with van der Waals surface area (Å²) in [4.78, 5) is 40.1. The molecule has 8 nitrogen and oxygen atoms in total. The molecule has 2 amide bonds. The molecular weight excluding hydrogens is 394 g/mol. The van der Waals surface area contributed by atoms with Crippen molar-refractivity contribution >= 4 is 11.8 Å². The Bertz CT molecular complexity index is 1180. The fourth-order valence-corrected chi connectivity index (χ4v) is 3.95. The van der Waals surface area contributed by atoms with Gasteiger partial charge in [0, 0.05) is 39.5 Å². The Hall–Kier alpha value is -3.68. The van der Waals surface area contributed by atoms with Crippen LogP contribution in [0.4, 0.5) is 0 Å². The zero-order valence-corrected chi connectivity index (χ0v) is 17.7. The molecule has 0 atom stereocenters. The average molecular weight is 419 g/mol. The van der Waals surface area contributed by atoms with Crippen molar-refractivity contribution in [1.82, 2.24) is 24.6 Å². The summed E-state index contributed by atoms with van der Waals surface area (Å²) in [5.41, 5.74) is 3.22. The lowest BCUT2D eigenvalue weighted by Gasteiger charge is -2.29. The molecule has 8 heteroatoms. The number of nitrogens with one attached hydrogen (secondary N) is 1. The molecule has 0 aliphatic carbocycles. The molecule has 4 rings (SSSR count). The molecule has 0 saturated heterocycles. The summed E-state index contributed by atoms with van der Waals surface area (Å²) in [6, 6.07) is 11.4. The number of pyridine rings is 1. The number of aromatic nitrogens is 3. The first-order chi connectivity index (χ1) is 14.9. The van der Waals surface area contributed by atoms with E-state index < -0.39 is 5.91 Å². The smallest absolute Gasteiger partial charge is 0.264 e. The van der Waals surface area contributed by atoms with E-state index in [1.165, 1.54) is 6.92 Å². The van der Waals surface area contributed by atoms with Crippen molar-refractivity contribution in [1.29, 1.82) is 0 Å². The molecule has 0 unspecified atom stereocenters.